The van der Waals surface area contributed by atoms with Gasteiger partial charge in [0.1, 0.15) is 0 Å². The van der Waals surface area contributed by atoms with E-state index in [1.54, 1.807) is 0 Å². The van der Waals surface area contributed by atoms with E-state index >= 15 is 0 Å². The standard InChI is InChI=1S/C25H32BN/c1-14(2)18-8-9-22-23(13-18)17(7)25(26)27-24(22)21-11-19(15(3)4)10-20(12-21)16(5)6/h8-16H,26H2,1-7H3. The summed E-state index contributed by atoms with van der Waals surface area (Å²) in [5, 5.41) is 2.60. The molecule has 0 amide bonds. The first-order chi connectivity index (χ1) is 12.7. The third-order valence-electron chi connectivity index (χ3n) is 5.78. The number of hydrogen-bond donors (Lipinski definition) is 0. The minimum atomic E-state index is 0.507. The zero-order valence-electron chi connectivity index (χ0n) is 18.1. The van der Waals surface area contributed by atoms with Crippen molar-refractivity contribution in [3.8, 4) is 11.3 Å². The number of aryl methyl sites for hydroxylation is 1. The molecule has 0 aliphatic rings. The monoisotopic (exact) mass is 357 g/mol. The predicted octanol–water partition coefficient (Wildman–Crippen LogP) is 5.84. The molecular weight excluding hydrogens is 325 g/mol. The molecule has 0 saturated carbocycles. The fraction of sp³-hybridized carbons (Fsp3) is 0.400. The van der Waals surface area contributed by atoms with Gasteiger partial charge in [-0.05, 0) is 70.0 Å². The maximum absolute atomic E-state index is 5.05. The highest BCUT2D eigenvalue weighted by Gasteiger charge is 2.15. The molecule has 0 spiro atoms. The Morgan fingerprint density at radius 1 is 0.704 bits per heavy atom. The van der Waals surface area contributed by atoms with Crippen LogP contribution in [0.4, 0.5) is 0 Å². The van der Waals surface area contributed by atoms with Crippen molar-refractivity contribution in [3.63, 3.8) is 0 Å². The average Bonchev–Trinajstić information content (AvgIpc) is 2.63. The highest BCUT2D eigenvalue weighted by atomic mass is 14.7. The number of fused-ring (bicyclic) bond motifs is 1. The Morgan fingerprint density at radius 2 is 1.26 bits per heavy atom. The molecule has 1 aromatic heterocycles. The van der Waals surface area contributed by atoms with Crippen LogP contribution in [0, 0.1) is 6.92 Å². The van der Waals surface area contributed by atoms with Gasteiger partial charge in [-0.2, -0.15) is 0 Å². The van der Waals surface area contributed by atoms with Crippen LogP contribution in [0.5, 0.6) is 0 Å². The Labute approximate surface area is 165 Å². The number of pyridine rings is 1. The SMILES string of the molecule is Bc1nc(-c2cc(C(C)C)cc(C(C)C)c2)c2ccc(C(C)C)cc2c1C. The number of benzene rings is 2. The summed E-state index contributed by atoms with van der Waals surface area (Å²) in [5.74, 6) is 1.54. The second-order valence-corrected chi connectivity index (χ2v) is 8.83. The van der Waals surface area contributed by atoms with Crippen LogP contribution in [0.25, 0.3) is 22.0 Å². The van der Waals surface area contributed by atoms with Crippen molar-refractivity contribution in [2.75, 3.05) is 0 Å². The van der Waals surface area contributed by atoms with Gasteiger partial charge < -0.3 is 0 Å². The van der Waals surface area contributed by atoms with E-state index < -0.39 is 0 Å². The second kappa shape index (κ2) is 7.50. The lowest BCUT2D eigenvalue weighted by atomic mass is 9.87. The molecule has 3 rings (SSSR count). The minimum absolute atomic E-state index is 0.507. The number of nitrogens with zero attached hydrogens (tertiary/aromatic N) is 1. The van der Waals surface area contributed by atoms with Gasteiger partial charge in [-0.15, -0.1) is 0 Å². The van der Waals surface area contributed by atoms with Crippen LogP contribution < -0.4 is 5.59 Å². The van der Waals surface area contributed by atoms with Gasteiger partial charge in [-0.25, -0.2) is 0 Å². The van der Waals surface area contributed by atoms with Crippen molar-refractivity contribution < 1.29 is 0 Å². The number of aromatic nitrogens is 1. The maximum Gasteiger partial charge on any atom is 0.164 e. The van der Waals surface area contributed by atoms with Crippen molar-refractivity contribution in [1.82, 2.24) is 4.98 Å². The van der Waals surface area contributed by atoms with Gasteiger partial charge in [0.2, 0.25) is 0 Å². The van der Waals surface area contributed by atoms with Crippen LogP contribution >= 0.6 is 0 Å². The quantitative estimate of drug-likeness (QED) is 0.535. The molecule has 0 atom stereocenters. The zero-order valence-corrected chi connectivity index (χ0v) is 18.1. The van der Waals surface area contributed by atoms with Crippen molar-refractivity contribution in [3.05, 3.63) is 58.7 Å². The lowest BCUT2D eigenvalue weighted by molar-refractivity contribution is 0.834. The fourth-order valence-corrected chi connectivity index (χ4v) is 3.64. The van der Waals surface area contributed by atoms with Gasteiger partial charge >= 0.3 is 0 Å². The predicted molar refractivity (Wildman–Crippen MR) is 122 cm³/mol. The molecule has 2 heteroatoms. The Kier molecular flexibility index (Phi) is 5.47. The molecule has 2 aromatic carbocycles. The molecule has 1 nitrogen and oxygen atoms in total. The van der Waals surface area contributed by atoms with Crippen molar-refractivity contribution in [1.29, 1.82) is 0 Å². The minimum Gasteiger partial charge on any atom is -0.263 e. The maximum atomic E-state index is 5.05. The molecular formula is C25H32BN. The van der Waals surface area contributed by atoms with Crippen molar-refractivity contribution in [2.24, 2.45) is 0 Å². The number of rotatable bonds is 4. The lowest BCUT2D eigenvalue weighted by Gasteiger charge is -2.18. The van der Waals surface area contributed by atoms with Crippen molar-refractivity contribution >= 4 is 24.2 Å². The molecule has 0 unspecified atom stereocenters. The largest absolute Gasteiger partial charge is 0.263 e. The molecule has 1 heterocycles. The van der Waals surface area contributed by atoms with E-state index in [4.69, 9.17) is 4.98 Å². The van der Waals surface area contributed by atoms with E-state index in [0.717, 1.165) is 11.3 Å². The van der Waals surface area contributed by atoms with Gasteiger partial charge in [0.25, 0.3) is 0 Å². The van der Waals surface area contributed by atoms with E-state index in [9.17, 15) is 0 Å². The molecule has 0 saturated heterocycles. The van der Waals surface area contributed by atoms with Crippen LogP contribution in [0.1, 0.15) is 81.5 Å². The van der Waals surface area contributed by atoms with Gasteiger partial charge in [-0.3, -0.25) is 4.98 Å². The Balaban J connectivity index is 2.33. The Morgan fingerprint density at radius 3 is 1.78 bits per heavy atom. The molecule has 0 aliphatic heterocycles. The third-order valence-corrected chi connectivity index (χ3v) is 5.78. The average molecular weight is 357 g/mol. The summed E-state index contributed by atoms with van der Waals surface area (Å²) in [4.78, 5) is 5.05. The summed E-state index contributed by atoms with van der Waals surface area (Å²) in [6, 6.07) is 13.9. The van der Waals surface area contributed by atoms with E-state index in [0.29, 0.717) is 17.8 Å². The van der Waals surface area contributed by atoms with E-state index in [-0.39, 0.29) is 0 Å². The zero-order chi connectivity index (χ0) is 19.9. The lowest BCUT2D eigenvalue weighted by Crippen LogP contribution is -2.14. The summed E-state index contributed by atoms with van der Waals surface area (Å²) in [6.07, 6.45) is 0. The summed E-state index contributed by atoms with van der Waals surface area (Å²) in [7, 11) is 2.13. The van der Waals surface area contributed by atoms with E-state index in [2.05, 4.69) is 92.7 Å². The fourth-order valence-electron chi connectivity index (χ4n) is 3.64. The molecule has 0 fully saturated rings. The smallest absolute Gasteiger partial charge is 0.164 e. The number of hydrogen-bond acceptors (Lipinski definition) is 1. The molecule has 0 radical (unpaired) electrons. The van der Waals surface area contributed by atoms with E-state index in [1.807, 2.05) is 0 Å². The highest BCUT2D eigenvalue weighted by Crippen LogP contribution is 2.33. The second-order valence-electron chi connectivity index (χ2n) is 8.83. The first-order valence-corrected chi connectivity index (χ1v) is 10.2. The molecule has 0 N–H and O–H groups in total. The summed E-state index contributed by atoms with van der Waals surface area (Å²) < 4.78 is 0. The molecule has 27 heavy (non-hydrogen) atoms. The molecule has 0 aliphatic carbocycles. The Hall–Kier alpha value is -2.09. The van der Waals surface area contributed by atoms with Gasteiger partial charge in [0.05, 0.1) is 5.69 Å². The van der Waals surface area contributed by atoms with Crippen LogP contribution in [-0.4, -0.2) is 12.8 Å². The molecule has 3 aromatic rings. The summed E-state index contributed by atoms with van der Waals surface area (Å²) in [5.41, 5.74) is 8.95. The van der Waals surface area contributed by atoms with Gasteiger partial charge in [0.15, 0.2) is 7.85 Å². The van der Waals surface area contributed by atoms with Crippen molar-refractivity contribution in [2.45, 2.75) is 66.2 Å². The van der Waals surface area contributed by atoms with Gasteiger partial charge in [0, 0.05) is 10.9 Å². The first kappa shape index (κ1) is 19.7. The Bertz CT molecular complexity index is 957. The molecule has 140 valence electrons. The first-order valence-electron chi connectivity index (χ1n) is 10.2. The summed E-state index contributed by atoms with van der Waals surface area (Å²) in [6.45, 7) is 15.8. The van der Waals surface area contributed by atoms with E-state index in [1.165, 1.54) is 38.6 Å². The highest BCUT2D eigenvalue weighted by molar-refractivity contribution is 6.33. The third kappa shape index (κ3) is 3.81. The molecule has 0 bridgehead atoms. The van der Waals surface area contributed by atoms with Crippen LogP contribution in [0.2, 0.25) is 0 Å². The van der Waals surface area contributed by atoms with Crippen LogP contribution in [0.15, 0.2) is 36.4 Å². The van der Waals surface area contributed by atoms with Gasteiger partial charge in [-0.1, -0.05) is 65.8 Å². The topological polar surface area (TPSA) is 12.9 Å². The van der Waals surface area contributed by atoms with Crippen LogP contribution in [-0.2, 0) is 0 Å². The normalized spacial score (nSPS) is 11.9. The summed E-state index contributed by atoms with van der Waals surface area (Å²) >= 11 is 0. The van der Waals surface area contributed by atoms with Crippen LogP contribution in [0.3, 0.4) is 0 Å².